The number of fused-ring (bicyclic) bond motifs is 1. The minimum atomic E-state index is -0.366. The van der Waals surface area contributed by atoms with Gasteiger partial charge in [-0.15, -0.1) is 11.3 Å². The molecule has 1 amide bonds. The van der Waals surface area contributed by atoms with Crippen LogP contribution in [0.3, 0.4) is 0 Å². The highest BCUT2D eigenvalue weighted by atomic mass is 32.1. The van der Waals surface area contributed by atoms with Crippen molar-refractivity contribution in [1.82, 2.24) is 9.88 Å². The zero-order valence-electron chi connectivity index (χ0n) is 12.0. The van der Waals surface area contributed by atoms with Gasteiger partial charge in [0.1, 0.15) is 0 Å². The fourth-order valence-corrected chi connectivity index (χ4v) is 3.89. The van der Waals surface area contributed by atoms with Gasteiger partial charge in [-0.05, 0) is 32.6 Å². The quantitative estimate of drug-likeness (QED) is 0.922. The molecule has 0 saturated carbocycles. The molecule has 1 aromatic rings. The first-order chi connectivity index (χ1) is 9.04. The van der Waals surface area contributed by atoms with Crippen molar-refractivity contribution in [1.29, 1.82) is 0 Å². The lowest BCUT2D eigenvalue weighted by Gasteiger charge is -2.32. The van der Waals surface area contributed by atoms with Crippen LogP contribution in [0.15, 0.2) is 0 Å². The highest BCUT2D eigenvalue weighted by Crippen LogP contribution is 2.37. The molecular weight excluding hydrogens is 258 g/mol. The first kappa shape index (κ1) is 14.5. The molecule has 0 aliphatic heterocycles. The molecule has 2 rings (SSSR count). The van der Waals surface area contributed by atoms with E-state index in [1.807, 2.05) is 18.9 Å². The molecule has 2 unspecified atom stereocenters. The third-order valence-corrected chi connectivity index (χ3v) is 4.87. The van der Waals surface area contributed by atoms with Crippen LogP contribution in [0, 0.1) is 6.92 Å². The van der Waals surface area contributed by atoms with Crippen LogP contribution < -0.4 is 5.73 Å². The van der Waals surface area contributed by atoms with Crippen LogP contribution >= 0.6 is 11.3 Å². The number of rotatable bonds is 4. The molecular formula is C14H23N3OS. The number of nitrogens with zero attached hydrogens (tertiary/aromatic N) is 2. The average molecular weight is 281 g/mol. The first-order valence-corrected chi connectivity index (χ1v) is 7.84. The maximum absolute atomic E-state index is 12.3. The molecule has 0 saturated heterocycles. The zero-order valence-corrected chi connectivity index (χ0v) is 12.8. The molecule has 0 spiro atoms. The summed E-state index contributed by atoms with van der Waals surface area (Å²) in [6.45, 7) is 4.09. The summed E-state index contributed by atoms with van der Waals surface area (Å²) in [4.78, 5) is 20.0. The Morgan fingerprint density at radius 1 is 1.63 bits per heavy atom. The Labute approximate surface area is 119 Å². The monoisotopic (exact) mass is 281 g/mol. The molecule has 106 valence electrons. The van der Waals surface area contributed by atoms with E-state index in [-0.39, 0.29) is 18.0 Å². The molecule has 1 aliphatic rings. The average Bonchev–Trinajstić information content (AvgIpc) is 2.77. The molecule has 4 nitrogen and oxygen atoms in total. The third-order valence-electron chi connectivity index (χ3n) is 3.76. The second kappa shape index (κ2) is 6.01. The van der Waals surface area contributed by atoms with E-state index in [0.29, 0.717) is 0 Å². The maximum atomic E-state index is 12.3. The first-order valence-electron chi connectivity index (χ1n) is 7.03. The number of aryl methyl sites for hydroxylation is 2. The Balaban J connectivity index is 2.16. The molecule has 0 fully saturated rings. The summed E-state index contributed by atoms with van der Waals surface area (Å²) in [5.41, 5.74) is 7.14. The molecule has 1 aliphatic carbocycles. The number of likely N-dealkylation sites (N-methyl/N-ethyl adjacent to an activating group) is 1. The summed E-state index contributed by atoms with van der Waals surface area (Å²) >= 11 is 1.72. The highest BCUT2D eigenvalue weighted by molar-refractivity contribution is 7.11. The van der Waals surface area contributed by atoms with Crippen LogP contribution in [0.4, 0.5) is 0 Å². The molecule has 1 heterocycles. The lowest BCUT2D eigenvalue weighted by molar-refractivity contribution is -0.133. The third kappa shape index (κ3) is 2.98. The van der Waals surface area contributed by atoms with Crippen molar-refractivity contribution in [2.75, 3.05) is 7.05 Å². The molecule has 19 heavy (non-hydrogen) atoms. The van der Waals surface area contributed by atoms with Gasteiger partial charge in [-0.25, -0.2) is 4.98 Å². The molecule has 5 heteroatoms. The predicted molar refractivity (Wildman–Crippen MR) is 78.2 cm³/mol. The number of hydrogen-bond donors (Lipinski definition) is 1. The summed E-state index contributed by atoms with van der Waals surface area (Å²) in [5, 5.41) is 1.09. The maximum Gasteiger partial charge on any atom is 0.239 e. The van der Waals surface area contributed by atoms with E-state index in [1.54, 1.807) is 11.3 Å². The van der Waals surface area contributed by atoms with E-state index in [1.165, 1.54) is 10.6 Å². The fraction of sp³-hybridized carbons (Fsp3) is 0.714. The summed E-state index contributed by atoms with van der Waals surface area (Å²) in [6.07, 6.45) is 4.86. The van der Waals surface area contributed by atoms with Gasteiger partial charge in [-0.3, -0.25) is 4.79 Å². The molecule has 2 atom stereocenters. The van der Waals surface area contributed by atoms with Gasteiger partial charge in [0.25, 0.3) is 0 Å². The summed E-state index contributed by atoms with van der Waals surface area (Å²) < 4.78 is 0. The number of thiazole rings is 1. The van der Waals surface area contributed by atoms with Gasteiger partial charge < -0.3 is 10.6 Å². The van der Waals surface area contributed by atoms with Gasteiger partial charge in [0.15, 0.2) is 0 Å². The van der Waals surface area contributed by atoms with E-state index in [9.17, 15) is 4.79 Å². The topological polar surface area (TPSA) is 59.2 Å². The number of hydrogen-bond acceptors (Lipinski definition) is 4. The van der Waals surface area contributed by atoms with Gasteiger partial charge in [0, 0.05) is 7.05 Å². The molecule has 0 radical (unpaired) electrons. The Bertz CT molecular complexity index is 458. The number of amides is 1. The van der Waals surface area contributed by atoms with Crippen molar-refractivity contribution in [3.8, 4) is 0 Å². The van der Waals surface area contributed by atoms with Crippen molar-refractivity contribution >= 4 is 17.2 Å². The molecule has 0 aromatic carbocycles. The van der Waals surface area contributed by atoms with Crippen molar-refractivity contribution < 1.29 is 4.79 Å². The second-order valence-electron chi connectivity index (χ2n) is 5.30. The SMILES string of the molecule is CCCC(N)C(=O)N(C)C1CCCc2nc(C)sc21. The van der Waals surface area contributed by atoms with Crippen LogP contribution in [0.5, 0.6) is 0 Å². The van der Waals surface area contributed by atoms with Crippen molar-refractivity contribution in [2.24, 2.45) is 5.73 Å². The van der Waals surface area contributed by atoms with Crippen molar-refractivity contribution in [3.63, 3.8) is 0 Å². The fourth-order valence-electron chi connectivity index (χ4n) is 2.74. The zero-order chi connectivity index (χ0) is 14.0. The molecule has 2 N–H and O–H groups in total. The Kier molecular flexibility index (Phi) is 4.58. The number of carbonyl (C=O) groups is 1. The normalized spacial score (nSPS) is 19.9. The largest absolute Gasteiger partial charge is 0.336 e. The Hall–Kier alpha value is -0.940. The van der Waals surface area contributed by atoms with Crippen LogP contribution in [0.2, 0.25) is 0 Å². The van der Waals surface area contributed by atoms with Crippen molar-refractivity contribution in [3.05, 3.63) is 15.6 Å². The number of nitrogens with two attached hydrogens (primary N) is 1. The van der Waals surface area contributed by atoms with Gasteiger partial charge in [0.2, 0.25) is 5.91 Å². The van der Waals surface area contributed by atoms with Gasteiger partial charge in [0.05, 0.1) is 27.7 Å². The summed E-state index contributed by atoms with van der Waals surface area (Å²) in [6, 6.07) is -0.195. The highest BCUT2D eigenvalue weighted by Gasteiger charge is 2.31. The standard InChI is InChI=1S/C14H23N3OS/c1-4-6-10(15)14(18)17(3)12-8-5-7-11-13(12)19-9(2)16-11/h10,12H,4-8,15H2,1-3H3. The molecule has 1 aromatic heterocycles. The van der Waals surface area contributed by atoms with Gasteiger partial charge in [-0.2, -0.15) is 0 Å². The smallest absolute Gasteiger partial charge is 0.239 e. The summed E-state index contributed by atoms with van der Waals surface area (Å²) in [5.74, 6) is 0.0609. The van der Waals surface area contributed by atoms with Gasteiger partial charge >= 0.3 is 0 Å². The van der Waals surface area contributed by atoms with Crippen LogP contribution in [-0.2, 0) is 11.2 Å². The van der Waals surface area contributed by atoms with Gasteiger partial charge in [-0.1, -0.05) is 13.3 Å². The minimum Gasteiger partial charge on any atom is -0.336 e. The van der Waals surface area contributed by atoms with E-state index in [0.717, 1.165) is 37.1 Å². The minimum absolute atomic E-state index is 0.0609. The summed E-state index contributed by atoms with van der Waals surface area (Å²) in [7, 11) is 1.88. The van der Waals surface area contributed by atoms with E-state index < -0.39 is 0 Å². The second-order valence-corrected chi connectivity index (χ2v) is 6.53. The van der Waals surface area contributed by atoms with Crippen LogP contribution in [0.1, 0.15) is 54.2 Å². The lowest BCUT2D eigenvalue weighted by atomic mass is 9.96. The molecule has 0 bridgehead atoms. The Morgan fingerprint density at radius 2 is 2.37 bits per heavy atom. The van der Waals surface area contributed by atoms with Crippen molar-refractivity contribution in [2.45, 2.75) is 58.0 Å². The predicted octanol–water partition coefficient (Wildman–Crippen LogP) is 2.41. The number of aromatic nitrogens is 1. The van der Waals surface area contributed by atoms with Crippen LogP contribution in [-0.4, -0.2) is 28.9 Å². The van der Waals surface area contributed by atoms with E-state index in [4.69, 9.17) is 5.73 Å². The van der Waals surface area contributed by atoms with E-state index in [2.05, 4.69) is 11.9 Å². The van der Waals surface area contributed by atoms with E-state index >= 15 is 0 Å². The van der Waals surface area contributed by atoms with Crippen LogP contribution in [0.25, 0.3) is 0 Å². The Morgan fingerprint density at radius 3 is 3.05 bits per heavy atom. The lowest BCUT2D eigenvalue weighted by Crippen LogP contribution is -2.43. The number of carbonyl (C=O) groups excluding carboxylic acids is 1.